The third-order valence-electron chi connectivity index (χ3n) is 2.22. The maximum Gasteiger partial charge on any atom is 0.409 e. The lowest BCUT2D eigenvalue weighted by Crippen LogP contribution is -2.08. The molecule has 2 rings (SSSR count). The van der Waals surface area contributed by atoms with Gasteiger partial charge in [0.1, 0.15) is 0 Å². The van der Waals surface area contributed by atoms with Crippen LogP contribution < -0.4 is 5.32 Å². The summed E-state index contributed by atoms with van der Waals surface area (Å²) in [4.78, 5) is 10.5. The molecule has 0 radical (unpaired) electrons. The highest BCUT2D eigenvalue weighted by Crippen LogP contribution is 2.43. The van der Waals surface area contributed by atoms with E-state index in [1.807, 2.05) is 24.3 Å². The normalized spacial score (nSPS) is 15.4. The van der Waals surface area contributed by atoms with Crippen molar-refractivity contribution in [3.63, 3.8) is 0 Å². The quantitative estimate of drug-likeness (QED) is 0.729. The van der Waals surface area contributed by atoms with Crippen LogP contribution in [0.15, 0.2) is 24.3 Å². The Morgan fingerprint density at radius 3 is 2.69 bits per heavy atom. The van der Waals surface area contributed by atoms with Crippen molar-refractivity contribution in [1.82, 2.24) is 0 Å². The number of nitrogens with one attached hydrogen (secondary N) is 1. The summed E-state index contributed by atoms with van der Waals surface area (Å²) >= 11 is 0. The van der Waals surface area contributed by atoms with Crippen LogP contribution >= 0.6 is 0 Å². The summed E-state index contributed by atoms with van der Waals surface area (Å²) in [5.41, 5.74) is 1.86. The average molecular weight is 177 g/mol. The van der Waals surface area contributed by atoms with Gasteiger partial charge in [0, 0.05) is 5.69 Å². The summed E-state index contributed by atoms with van der Waals surface area (Å²) < 4.78 is 0. The molecule has 13 heavy (non-hydrogen) atoms. The van der Waals surface area contributed by atoms with Crippen molar-refractivity contribution >= 4 is 11.8 Å². The van der Waals surface area contributed by atoms with E-state index in [2.05, 4.69) is 5.32 Å². The number of hydrogen-bond donors (Lipinski definition) is 2. The van der Waals surface area contributed by atoms with Gasteiger partial charge in [-0.3, -0.25) is 5.32 Å². The Morgan fingerprint density at radius 2 is 2.08 bits per heavy atom. The van der Waals surface area contributed by atoms with Gasteiger partial charge in [-0.2, -0.15) is 0 Å². The Kier molecular flexibility index (Phi) is 1.93. The Morgan fingerprint density at radius 1 is 1.38 bits per heavy atom. The molecule has 1 aromatic rings. The molecule has 3 heteroatoms. The first kappa shape index (κ1) is 8.10. The number of para-hydroxylation sites is 1. The second kappa shape index (κ2) is 3.09. The van der Waals surface area contributed by atoms with Crippen molar-refractivity contribution in [3.8, 4) is 0 Å². The molecule has 0 bridgehead atoms. The Hall–Kier alpha value is -1.51. The Labute approximate surface area is 76.4 Å². The molecule has 1 aliphatic carbocycles. The molecular weight excluding hydrogens is 166 g/mol. The summed E-state index contributed by atoms with van der Waals surface area (Å²) in [6, 6.07) is 7.59. The molecule has 1 aromatic carbocycles. The van der Waals surface area contributed by atoms with Gasteiger partial charge in [0.2, 0.25) is 0 Å². The second-order valence-electron chi connectivity index (χ2n) is 3.29. The highest BCUT2D eigenvalue weighted by atomic mass is 16.4. The number of amides is 1. The van der Waals surface area contributed by atoms with E-state index in [-0.39, 0.29) is 0 Å². The highest BCUT2D eigenvalue weighted by molar-refractivity contribution is 5.84. The van der Waals surface area contributed by atoms with Gasteiger partial charge in [0.05, 0.1) is 0 Å². The second-order valence-corrected chi connectivity index (χ2v) is 3.29. The van der Waals surface area contributed by atoms with Crippen LogP contribution in [0.25, 0.3) is 0 Å². The van der Waals surface area contributed by atoms with Crippen LogP contribution in [-0.4, -0.2) is 11.2 Å². The fourth-order valence-electron chi connectivity index (χ4n) is 1.48. The number of carbonyl (C=O) groups is 1. The van der Waals surface area contributed by atoms with Crippen LogP contribution in [-0.2, 0) is 0 Å². The Bertz CT molecular complexity index is 331. The van der Waals surface area contributed by atoms with E-state index >= 15 is 0 Å². The first-order valence-corrected chi connectivity index (χ1v) is 4.36. The first-order valence-electron chi connectivity index (χ1n) is 4.36. The van der Waals surface area contributed by atoms with Crippen LogP contribution in [0.2, 0.25) is 0 Å². The molecule has 68 valence electrons. The molecule has 3 nitrogen and oxygen atoms in total. The Balaban J connectivity index is 2.26. The third-order valence-corrected chi connectivity index (χ3v) is 2.22. The van der Waals surface area contributed by atoms with Crippen molar-refractivity contribution < 1.29 is 9.90 Å². The van der Waals surface area contributed by atoms with Gasteiger partial charge in [-0.25, -0.2) is 4.79 Å². The van der Waals surface area contributed by atoms with E-state index in [9.17, 15) is 4.79 Å². The van der Waals surface area contributed by atoms with Crippen LogP contribution in [0, 0.1) is 0 Å². The summed E-state index contributed by atoms with van der Waals surface area (Å²) in [6.45, 7) is 0. The van der Waals surface area contributed by atoms with E-state index in [4.69, 9.17) is 5.11 Å². The minimum atomic E-state index is -0.992. The van der Waals surface area contributed by atoms with E-state index in [1.165, 1.54) is 12.8 Å². The molecule has 1 amide bonds. The van der Waals surface area contributed by atoms with E-state index in [1.54, 1.807) is 0 Å². The van der Waals surface area contributed by atoms with Crippen molar-refractivity contribution in [2.75, 3.05) is 5.32 Å². The molecule has 0 aromatic heterocycles. The van der Waals surface area contributed by atoms with Gasteiger partial charge in [0.15, 0.2) is 0 Å². The molecule has 2 N–H and O–H groups in total. The number of rotatable bonds is 2. The fraction of sp³-hybridized carbons (Fsp3) is 0.300. The molecule has 0 heterocycles. The van der Waals surface area contributed by atoms with E-state index in [0.717, 1.165) is 11.3 Å². The molecular formula is C10H11NO2. The topological polar surface area (TPSA) is 49.3 Å². The van der Waals surface area contributed by atoms with Crippen molar-refractivity contribution in [1.29, 1.82) is 0 Å². The summed E-state index contributed by atoms with van der Waals surface area (Å²) in [7, 11) is 0. The van der Waals surface area contributed by atoms with Crippen molar-refractivity contribution in [2.24, 2.45) is 0 Å². The minimum Gasteiger partial charge on any atom is -0.465 e. The van der Waals surface area contributed by atoms with E-state index in [0.29, 0.717) is 5.92 Å². The summed E-state index contributed by atoms with van der Waals surface area (Å²) in [5, 5.41) is 11.0. The lowest BCUT2D eigenvalue weighted by Gasteiger charge is -2.06. The summed E-state index contributed by atoms with van der Waals surface area (Å²) in [6.07, 6.45) is 1.37. The van der Waals surface area contributed by atoms with Gasteiger partial charge in [-0.1, -0.05) is 18.2 Å². The minimum absolute atomic E-state index is 0.572. The highest BCUT2D eigenvalue weighted by Gasteiger charge is 2.25. The van der Waals surface area contributed by atoms with Gasteiger partial charge in [0.25, 0.3) is 0 Å². The molecule has 0 atom stereocenters. The van der Waals surface area contributed by atoms with Crippen LogP contribution in [0.5, 0.6) is 0 Å². The largest absolute Gasteiger partial charge is 0.465 e. The lowest BCUT2D eigenvalue weighted by atomic mass is 10.1. The van der Waals surface area contributed by atoms with Gasteiger partial charge < -0.3 is 5.11 Å². The maximum absolute atomic E-state index is 10.5. The van der Waals surface area contributed by atoms with Crippen molar-refractivity contribution in [3.05, 3.63) is 29.8 Å². The van der Waals surface area contributed by atoms with Crippen molar-refractivity contribution in [2.45, 2.75) is 18.8 Å². The van der Waals surface area contributed by atoms with Crippen LogP contribution in [0.4, 0.5) is 10.5 Å². The van der Waals surface area contributed by atoms with E-state index < -0.39 is 6.09 Å². The lowest BCUT2D eigenvalue weighted by molar-refractivity contribution is 0.209. The number of carboxylic acid groups (broad SMARTS) is 1. The molecule has 0 saturated heterocycles. The molecule has 1 saturated carbocycles. The van der Waals surface area contributed by atoms with Crippen LogP contribution in [0.3, 0.4) is 0 Å². The summed E-state index contributed by atoms with van der Waals surface area (Å²) in [5.74, 6) is 0.572. The standard InChI is InChI=1S/C10H11NO2/c12-10(13)11-9-4-2-1-3-8(9)7-5-6-7/h1-4,7,11H,5-6H2,(H,12,13). The molecule has 1 fully saturated rings. The van der Waals surface area contributed by atoms with Gasteiger partial charge >= 0.3 is 6.09 Å². The maximum atomic E-state index is 10.5. The fourth-order valence-corrected chi connectivity index (χ4v) is 1.48. The molecule has 0 unspecified atom stereocenters. The van der Waals surface area contributed by atoms with Gasteiger partial charge in [-0.05, 0) is 30.4 Å². The zero-order valence-corrected chi connectivity index (χ0v) is 7.16. The first-order chi connectivity index (χ1) is 6.27. The average Bonchev–Trinajstić information content (AvgIpc) is 2.87. The van der Waals surface area contributed by atoms with Crippen LogP contribution in [0.1, 0.15) is 24.3 Å². The predicted molar refractivity (Wildman–Crippen MR) is 50.1 cm³/mol. The molecule has 0 aliphatic heterocycles. The number of anilines is 1. The smallest absolute Gasteiger partial charge is 0.409 e. The third kappa shape index (κ3) is 1.80. The predicted octanol–water partition coefficient (Wildman–Crippen LogP) is 2.65. The molecule has 0 spiro atoms. The zero-order chi connectivity index (χ0) is 9.26. The number of benzene rings is 1. The number of hydrogen-bond acceptors (Lipinski definition) is 1. The zero-order valence-electron chi connectivity index (χ0n) is 7.16. The SMILES string of the molecule is O=C(O)Nc1ccccc1C1CC1. The molecule has 1 aliphatic rings. The van der Waals surface area contributed by atoms with Gasteiger partial charge in [-0.15, -0.1) is 0 Å². The monoisotopic (exact) mass is 177 g/mol.